The minimum Gasteiger partial charge on any atom is -0.294 e. The third-order valence-corrected chi connectivity index (χ3v) is 2.99. The third-order valence-electron chi connectivity index (χ3n) is 2.99. The summed E-state index contributed by atoms with van der Waals surface area (Å²) in [5.74, 6) is 0.0465. The Balaban J connectivity index is 2.30. The monoisotopic (exact) mass is 236 g/mol. The Morgan fingerprint density at radius 2 is 1.78 bits per heavy atom. The van der Waals surface area contributed by atoms with Gasteiger partial charge in [0.1, 0.15) is 0 Å². The van der Waals surface area contributed by atoms with E-state index in [1.54, 1.807) is 6.92 Å². The van der Waals surface area contributed by atoms with Gasteiger partial charge in [0.2, 0.25) is 0 Å². The van der Waals surface area contributed by atoms with E-state index in [0.717, 1.165) is 16.6 Å². The molecule has 0 aliphatic heterocycles. The number of hydrogen-bond donors (Lipinski definition) is 0. The number of carbonyl (C=O) groups is 1. The summed E-state index contributed by atoms with van der Waals surface area (Å²) < 4.78 is 1.81. The van der Waals surface area contributed by atoms with Crippen molar-refractivity contribution in [2.24, 2.45) is 0 Å². The molecule has 0 atom stereocenters. The van der Waals surface area contributed by atoms with E-state index in [0.29, 0.717) is 5.56 Å². The molecule has 0 fully saturated rings. The zero-order valence-corrected chi connectivity index (χ0v) is 10.00. The summed E-state index contributed by atoms with van der Waals surface area (Å²) in [5, 5.41) is 5.44. The largest absolute Gasteiger partial charge is 0.294 e. The van der Waals surface area contributed by atoms with Gasteiger partial charge in [-0.05, 0) is 25.1 Å². The van der Waals surface area contributed by atoms with Crippen molar-refractivity contribution in [3.05, 3.63) is 60.3 Å². The van der Waals surface area contributed by atoms with E-state index in [1.165, 1.54) is 0 Å². The molecule has 0 spiro atoms. The fourth-order valence-corrected chi connectivity index (χ4v) is 2.12. The van der Waals surface area contributed by atoms with Crippen molar-refractivity contribution >= 4 is 16.7 Å². The molecule has 3 nitrogen and oxygen atoms in total. The van der Waals surface area contributed by atoms with Gasteiger partial charge < -0.3 is 0 Å². The maximum absolute atomic E-state index is 11.7. The first kappa shape index (κ1) is 10.7. The molecule has 0 saturated heterocycles. The average Bonchev–Trinajstić information content (AvgIpc) is 2.82. The van der Waals surface area contributed by atoms with Crippen LogP contribution in [-0.4, -0.2) is 15.6 Å². The molecule has 18 heavy (non-hydrogen) atoms. The lowest BCUT2D eigenvalue weighted by atomic mass is 10.1. The number of benzene rings is 2. The second-order valence-corrected chi connectivity index (χ2v) is 4.19. The van der Waals surface area contributed by atoms with Crippen molar-refractivity contribution in [2.45, 2.75) is 6.92 Å². The second-order valence-electron chi connectivity index (χ2n) is 4.19. The fraction of sp³-hybridized carbons (Fsp3) is 0.0667. The van der Waals surface area contributed by atoms with Gasteiger partial charge >= 0.3 is 0 Å². The molecule has 3 aromatic rings. The molecule has 3 heteroatoms. The predicted molar refractivity (Wildman–Crippen MR) is 71.1 cm³/mol. The Hall–Kier alpha value is -2.42. The highest BCUT2D eigenvalue weighted by molar-refractivity contribution is 5.98. The van der Waals surface area contributed by atoms with Crippen LogP contribution < -0.4 is 0 Å². The normalized spacial score (nSPS) is 10.7. The molecule has 0 N–H and O–H groups in total. The molecule has 0 unspecified atom stereocenters. The summed E-state index contributed by atoms with van der Waals surface area (Å²) in [5.41, 5.74) is 2.52. The molecule has 0 amide bonds. The summed E-state index contributed by atoms with van der Waals surface area (Å²) in [4.78, 5) is 11.7. The molecule has 0 bridgehead atoms. The molecule has 0 radical (unpaired) electrons. The summed E-state index contributed by atoms with van der Waals surface area (Å²) in [6.45, 7) is 1.57. The lowest BCUT2D eigenvalue weighted by Gasteiger charge is -2.07. The minimum atomic E-state index is 0.0465. The standard InChI is InChI=1S/C15H12N2O/c1-11(18)13-7-3-5-9-15(13)17-14-8-4-2-6-12(14)10-16-17/h2-10H,1H3. The summed E-state index contributed by atoms with van der Waals surface area (Å²) >= 11 is 0. The van der Waals surface area contributed by atoms with Gasteiger partial charge in [-0.1, -0.05) is 30.3 Å². The topological polar surface area (TPSA) is 34.9 Å². The van der Waals surface area contributed by atoms with Crippen LogP contribution >= 0.6 is 0 Å². The van der Waals surface area contributed by atoms with Gasteiger partial charge in [0.15, 0.2) is 5.78 Å². The molecule has 0 aliphatic rings. The van der Waals surface area contributed by atoms with E-state index in [4.69, 9.17) is 0 Å². The van der Waals surface area contributed by atoms with Gasteiger partial charge in [0.05, 0.1) is 17.4 Å². The highest BCUT2D eigenvalue weighted by Crippen LogP contribution is 2.20. The van der Waals surface area contributed by atoms with Crippen LogP contribution in [0.4, 0.5) is 0 Å². The Kier molecular flexibility index (Phi) is 2.45. The first-order valence-corrected chi connectivity index (χ1v) is 5.80. The highest BCUT2D eigenvalue weighted by atomic mass is 16.1. The van der Waals surface area contributed by atoms with Crippen molar-refractivity contribution in [1.29, 1.82) is 0 Å². The third kappa shape index (κ3) is 1.61. The highest BCUT2D eigenvalue weighted by Gasteiger charge is 2.10. The molecular formula is C15H12N2O. The Bertz CT molecular complexity index is 728. The molecular weight excluding hydrogens is 224 g/mol. The number of nitrogens with zero attached hydrogens (tertiary/aromatic N) is 2. The molecule has 88 valence electrons. The average molecular weight is 236 g/mol. The summed E-state index contributed by atoms with van der Waals surface area (Å²) in [7, 11) is 0. The van der Waals surface area contributed by atoms with Crippen LogP contribution in [0.2, 0.25) is 0 Å². The molecule has 2 aromatic carbocycles. The number of aromatic nitrogens is 2. The molecule has 1 heterocycles. The lowest BCUT2D eigenvalue weighted by molar-refractivity contribution is 0.101. The number of Topliss-reactive ketones (excluding diaryl/α,β-unsaturated/α-hetero) is 1. The Labute approximate surface area is 105 Å². The summed E-state index contributed by atoms with van der Waals surface area (Å²) in [6.07, 6.45) is 1.81. The van der Waals surface area contributed by atoms with Crippen LogP contribution in [0.1, 0.15) is 17.3 Å². The van der Waals surface area contributed by atoms with Gasteiger partial charge in [0, 0.05) is 10.9 Å². The Morgan fingerprint density at radius 3 is 2.61 bits per heavy atom. The van der Waals surface area contributed by atoms with Crippen molar-refractivity contribution in [2.75, 3.05) is 0 Å². The molecule has 0 saturated carbocycles. The summed E-state index contributed by atoms with van der Waals surface area (Å²) in [6, 6.07) is 15.5. The lowest BCUT2D eigenvalue weighted by Crippen LogP contribution is -2.04. The Morgan fingerprint density at radius 1 is 1.06 bits per heavy atom. The number of para-hydroxylation sites is 2. The van der Waals surface area contributed by atoms with E-state index in [2.05, 4.69) is 5.10 Å². The van der Waals surface area contributed by atoms with Gasteiger partial charge in [-0.25, -0.2) is 4.68 Å². The van der Waals surface area contributed by atoms with Crippen LogP contribution in [0.15, 0.2) is 54.7 Å². The van der Waals surface area contributed by atoms with Gasteiger partial charge in [-0.3, -0.25) is 4.79 Å². The number of rotatable bonds is 2. The SMILES string of the molecule is CC(=O)c1ccccc1-n1ncc2ccccc21. The van der Waals surface area contributed by atoms with E-state index in [1.807, 2.05) is 59.4 Å². The predicted octanol–water partition coefficient (Wildman–Crippen LogP) is 3.23. The van der Waals surface area contributed by atoms with Crippen LogP contribution in [0.5, 0.6) is 0 Å². The van der Waals surface area contributed by atoms with Crippen molar-refractivity contribution in [1.82, 2.24) is 9.78 Å². The van der Waals surface area contributed by atoms with Crippen molar-refractivity contribution < 1.29 is 4.79 Å². The first-order valence-electron chi connectivity index (χ1n) is 5.80. The fourth-order valence-electron chi connectivity index (χ4n) is 2.12. The van der Waals surface area contributed by atoms with E-state index in [-0.39, 0.29) is 5.78 Å². The molecule has 0 aliphatic carbocycles. The smallest absolute Gasteiger partial charge is 0.161 e. The number of fused-ring (bicyclic) bond motifs is 1. The molecule has 1 aromatic heterocycles. The van der Waals surface area contributed by atoms with Crippen molar-refractivity contribution in [3.8, 4) is 5.69 Å². The van der Waals surface area contributed by atoms with Crippen molar-refractivity contribution in [3.63, 3.8) is 0 Å². The van der Waals surface area contributed by atoms with E-state index in [9.17, 15) is 4.79 Å². The quantitative estimate of drug-likeness (QED) is 0.640. The first-order chi connectivity index (χ1) is 8.77. The number of ketones is 1. The van der Waals surface area contributed by atoms with Gasteiger partial charge in [-0.15, -0.1) is 0 Å². The number of hydrogen-bond acceptors (Lipinski definition) is 2. The maximum atomic E-state index is 11.7. The van der Waals surface area contributed by atoms with Crippen LogP contribution in [0.25, 0.3) is 16.6 Å². The van der Waals surface area contributed by atoms with Crippen LogP contribution in [0.3, 0.4) is 0 Å². The van der Waals surface area contributed by atoms with E-state index < -0.39 is 0 Å². The minimum absolute atomic E-state index is 0.0465. The second kappa shape index (κ2) is 4.11. The number of carbonyl (C=O) groups excluding carboxylic acids is 1. The zero-order chi connectivity index (χ0) is 12.5. The van der Waals surface area contributed by atoms with Gasteiger partial charge in [-0.2, -0.15) is 5.10 Å². The van der Waals surface area contributed by atoms with Crippen LogP contribution in [0, 0.1) is 0 Å². The van der Waals surface area contributed by atoms with Crippen LogP contribution in [-0.2, 0) is 0 Å². The zero-order valence-electron chi connectivity index (χ0n) is 10.00. The van der Waals surface area contributed by atoms with E-state index >= 15 is 0 Å². The van der Waals surface area contributed by atoms with Gasteiger partial charge in [0.25, 0.3) is 0 Å². The maximum Gasteiger partial charge on any atom is 0.161 e. The molecule has 3 rings (SSSR count).